The van der Waals surface area contributed by atoms with Crippen molar-refractivity contribution < 1.29 is 8.42 Å². The second-order valence-electron chi connectivity index (χ2n) is 7.23. The van der Waals surface area contributed by atoms with Crippen LogP contribution >= 0.6 is 0 Å². The molecule has 0 unspecified atom stereocenters. The molecule has 0 spiro atoms. The second kappa shape index (κ2) is 7.83. The van der Waals surface area contributed by atoms with Gasteiger partial charge in [-0.3, -0.25) is 4.99 Å². The SMILES string of the molecule is CN=C(NCCCCN1CCCC1)N1CCS(=O)(=O)C(C)(C)C1. The number of rotatable bonds is 5. The fourth-order valence-corrected chi connectivity index (χ4v) is 4.69. The van der Waals surface area contributed by atoms with Crippen LogP contribution in [-0.2, 0) is 9.84 Å². The van der Waals surface area contributed by atoms with Crippen LogP contribution in [0, 0.1) is 0 Å². The van der Waals surface area contributed by atoms with Gasteiger partial charge in [-0.1, -0.05) is 0 Å². The molecule has 0 aromatic carbocycles. The van der Waals surface area contributed by atoms with Crippen LogP contribution < -0.4 is 5.32 Å². The summed E-state index contributed by atoms with van der Waals surface area (Å²) in [7, 11) is -1.24. The van der Waals surface area contributed by atoms with Crippen molar-refractivity contribution in [2.75, 3.05) is 52.1 Å². The van der Waals surface area contributed by atoms with Gasteiger partial charge in [-0.2, -0.15) is 0 Å². The summed E-state index contributed by atoms with van der Waals surface area (Å²) in [5.74, 6) is 1.03. The van der Waals surface area contributed by atoms with E-state index in [9.17, 15) is 8.42 Å². The van der Waals surface area contributed by atoms with Crippen molar-refractivity contribution in [3.8, 4) is 0 Å². The predicted molar refractivity (Wildman–Crippen MR) is 95.7 cm³/mol. The van der Waals surface area contributed by atoms with E-state index in [1.54, 1.807) is 20.9 Å². The highest BCUT2D eigenvalue weighted by Gasteiger charge is 2.40. The zero-order valence-electron chi connectivity index (χ0n) is 14.8. The standard InChI is InChI=1S/C16H32N4O2S/c1-16(2)14-20(12-13-23(16,21)22)15(17-3)18-8-4-5-9-19-10-6-7-11-19/h4-14H2,1-3H3,(H,17,18). The van der Waals surface area contributed by atoms with Crippen molar-refractivity contribution in [1.82, 2.24) is 15.1 Å². The molecule has 6 nitrogen and oxygen atoms in total. The number of sulfone groups is 1. The molecule has 2 rings (SSSR count). The number of aliphatic imine (C=N–C) groups is 1. The van der Waals surface area contributed by atoms with Crippen molar-refractivity contribution in [2.24, 2.45) is 4.99 Å². The number of likely N-dealkylation sites (tertiary alicyclic amines) is 1. The summed E-state index contributed by atoms with van der Waals surface area (Å²) >= 11 is 0. The maximum atomic E-state index is 12.1. The molecule has 2 saturated heterocycles. The second-order valence-corrected chi connectivity index (χ2v) is 9.97. The Labute approximate surface area is 141 Å². The molecule has 134 valence electrons. The van der Waals surface area contributed by atoms with Gasteiger partial charge in [0.25, 0.3) is 0 Å². The molecule has 0 aromatic rings. The summed E-state index contributed by atoms with van der Waals surface area (Å²) in [6.07, 6.45) is 5.01. The van der Waals surface area contributed by atoms with Crippen molar-refractivity contribution in [3.05, 3.63) is 0 Å². The summed E-state index contributed by atoms with van der Waals surface area (Å²) in [5.41, 5.74) is 0. The molecule has 0 bridgehead atoms. The van der Waals surface area contributed by atoms with Crippen LogP contribution in [-0.4, -0.2) is 81.0 Å². The van der Waals surface area contributed by atoms with Crippen molar-refractivity contribution >= 4 is 15.8 Å². The van der Waals surface area contributed by atoms with Gasteiger partial charge in [0, 0.05) is 26.7 Å². The number of hydrogen-bond donors (Lipinski definition) is 1. The maximum Gasteiger partial charge on any atom is 0.193 e. The van der Waals surface area contributed by atoms with Gasteiger partial charge in [0.05, 0.1) is 10.5 Å². The van der Waals surface area contributed by atoms with Gasteiger partial charge in [-0.15, -0.1) is 0 Å². The fourth-order valence-electron chi connectivity index (χ4n) is 3.32. The monoisotopic (exact) mass is 344 g/mol. The van der Waals surface area contributed by atoms with Crippen molar-refractivity contribution in [2.45, 2.75) is 44.3 Å². The van der Waals surface area contributed by atoms with E-state index in [2.05, 4.69) is 20.1 Å². The predicted octanol–water partition coefficient (Wildman–Crippen LogP) is 0.947. The van der Waals surface area contributed by atoms with Crippen LogP contribution in [0.1, 0.15) is 39.5 Å². The molecule has 0 radical (unpaired) electrons. The molecule has 0 aromatic heterocycles. The van der Waals surface area contributed by atoms with Gasteiger partial charge in [-0.25, -0.2) is 8.42 Å². The van der Waals surface area contributed by atoms with E-state index in [1.165, 1.54) is 38.9 Å². The summed E-state index contributed by atoms with van der Waals surface area (Å²) in [6, 6.07) is 0. The minimum atomic E-state index is -3.00. The third-order valence-corrected chi connectivity index (χ3v) is 7.47. The van der Waals surface area contributed by atoms with Crippen molar-refractivity contribution in [3.63, 3.8) is 0 Å². The number of unbranched alkanes of at least 4 members (excludes halogenated alkanes) is 1. The molecule has 2 aliphatic heterocycles. The summed E-state index contributed by atoms with van der Waals surface area (Å²) in [4.78, 5) is 8.93. The highest BCUT2D eigenvalue weighted by molar-refractivity contribution is 7.92. The van der Waals surface area contributed by atoms with Crippen molar-refractivity contribution in [1.29, 1.82) is 0 Å². The van der Waals surface area contributed by atoms with Crippen LogP contribution in [0.5, 0.6) is 0 Å². The molecule has 0 aliphatic carbocycles. The quantitative estimate of drug-likeness (QED) is 0.457. The Morgan fingerprint density at radius 1 is 1.17 bits per heavy atom. The minimum absolute atomic E-state index is 0.204. The van der Waals surface area contributed by atoms with Crippen LogP contribution in [0.4, 0.5) is 0 Å². The van der Waals surface area contributed by atoms with Gasteiger partial charge in [0.1, 0.15) is 0 Å². The third kappa shape index (κ3) is 4.83. The molecule has 23 heavy (non-hydrogen) atoms. The van der Waals surface area contributed by atoms with E-state index in [1.807, 2.05) is 0 Å². The lowest BCUT2D eigenvalue weighted by atomic mass is 10.2. The van der Waals surface area contributed by atoms with E-state index in [4.69, 9.17) is 0 Å². The number of guanidine groups is 1. The van der Waals surface area contributed by atoms with E-state index in [0.29, 0.717) is 13.1 Å². The normalized spacial score (nSPS) is 24.8. The first-order chi connectivity index (χ1) is 10.9. The number of nitrogens with zero attached hydrogens (tertiary/aromatic N) is 3. The zero-order chi connectivity index (χ0) is 16.9. The summed E-state index contributed by atoms with van der Waals surface area (Å²) in [5, 5.41) is 3.39. The Morgan fingerprint density at radius 2 is 1.87 bits per heavy atom. The smallest absolute Gasteiger partial charge is 0.193 e. The van der Waals surface area contributed by atoms with Crippen LogP contribution in [0.2, 0.25) is 0 Å². The molecule has 2 heterocycles. The molecular weight excluding hydrogens is 312 g/mol. The average Bonchev–Trinajstić information content (AvgIpc) is 2.99. The minimum Gasteiger partial charge on any atom is -0.356 e. The van der Waals surface area contributed by atoms with Gasteiger partial charge >= 0.3 is 0 Å². The molecule has 0 saturated carbocycles. The largest absolute Gasteiger partial charge is 0.356 e. The Kier molecular flexibility index (Phi) is 6.31. The van der Waals surface area contributed by atoms with E-state index < -0.39 is 14.6 Å². The van der Waals surface area contributed by atoms with Crippen LogP contribution in [0.3, 0.4) is 0 Å². The highest BCUT2D eigenvalue weighted by atomic mass is 32.2. The van der Waals surface area contributed by atoms with E-state index >= 15 is 0 Å². The average molecular weight is 345 g/mol. The van der Waals surface area contributed by atoms with Gasteiger partial charge in [-0.05, 0) is 59.2 Å². The summed E-state index contributed by atoms with van der Waals surface area (Å²) in [6.45, 7) is 9.23. The molecule has 1 N–H and O–H groups in total. The van der Waals surface area contributed by atoms with Gasteiger partial charge < -0.3 is 15.1 Å². The topological polar surface area (TPSA) is 65.0 Å². The fraction of sp³-hybridized carbons (Fsp3) is 0.938. The Morgan fingerprint density at radius 3 is 2.48 bits per heavy atom. The first-order valence-electron chi connectivity index (χ1n) is 8.76. The molecule has 7 heteroatoms. The lowest BCUT2D eigenvalue weighted by molar-refractivity contribution is 0.328. The lowest BCUT2D eigenvalue weighted by Gasteiger charge is -2.39. The Hall–Kier alpha value is -0.820. The molecule has 0 amide bonds. The first-order valence-corrected chi connectivity index (χ1v) is 10.4. The lowest BCUT2D eigenvalue weighted by Crippen LogP contribution is -2.57. The summed E-state index contributed by atoms with van der Waals surface area (Å²) < 4.78 is 23.5. The van der Waals surface area contributed by atoms with Crippen LogP contribution in [0.25, 0.3) is 0 Å². The highest BCUT2D eigenvalue weighted by Crippen LogP contribution is 2.23. The Balaban J connectivity index is 1.73. The molecular formula is C16H32N4O2S. The van der Waals surface area contributed by atoms with Gasteiger partial charge in [0.2, 0.25) is 0 Å². The molecule has 2 aliphatic rings. The zero-order valence-corrected chi connectivity index (χ0v) is 15.7. The molecule has 0 atom stereocenters. The number of nitrogens with one attached hydrogen (secondary N) is 1. The number of hydrogen-bond acceptors (Lipinski definition) is 4. The third-order valence-electron chi connectivity index (χ3n) is 4.94. The van der Waals surface area contributed by atoms with E-state index in [-0.39, 0.29) is 5.75 Å². The Bertz CT molecular complexity index is 510. The maximum absolute atomic E-state index is 12.1. The first kappa shape index (κ1) is 18.5. The van der Waals surface area contributed by atoms with Gasteiger partial charge in [0.15, 0.2) is 15.8 Å². The molecule has 2 fully saturated rings. The van der Waals surface area contributed by atoms with E-state index in [0.717, 1.165) is 18.9 Å². The van der Waals surface area contributed by atoms with Crippen LogP contribution in [0.15, 0.2) is 4.99 Å².